The van der Waals surface area contributed by atoms with E-state index in [1.165, 1.54) is 57.4 Å². The monoisotopic (exact) mass is 364 g/mol. The van der Waals surface area contributed by atoms with Gasteiger partial charge in [-0.3, -0.25) is 9.52 Å². The molecule has 0 bridgehead atoms. The molecule has 0 spiro atoms. The number of rotatable bonds is 7. The Morgan fingerprint density at radius 2 is 1.52 bits per heavy atom. The third-order valence-corrected chi connectivity index (χ3v) is 5.68. The van der Waals surface area contributed by atoms with E-state index in [4.69, 9.17) is 0 Å². The summed E-state index contributed by atoms with van der Waals surface area (Å²) in [5, 5.41) is 0. The summed E-state index contributed by atoms with van der Waals surface area (Å²) < 4.78 is 52.9. The number of anilines is 1. The molecule has 0 unspecified atom stereocenters. The van der Waals surface area contributed by atoms with Gasteiger partial charge in [-0.25, -0.2) is 13.1 Å². The number of amides is 1. The Kier molecular flexibility index (Phi) is 6.11. The van der Waals surface area contributed by atoms with Gasteiger partial charge in [0, 0.05) is 33.9 Å². The quantitative estimate of drug-likeness (QED) is 0.662. The van der Waals surface area contributed by atoms with Crippen molar-refractivity contribution in [1.29, 1.82) is 0 Å². The van der Waals surface area contributed by atoms with Gasteiger partial charge in [-0.1, -0.05) is 0 Å². The van der Waals surface area contributed by atoms with Crippen LogP contribution < -0.4 is 9.44 Å². The Balaban J connectivity index is 2.85. The molecule has 130 valence electrons. The van der Waals surface area contributed by atoms with Gasteiger partial charge in [0.1, 0.15) is 0 Å². The van der Waals surface area contributed by atoms with Gasteiger partial charge < -0.3 is 4.90 Å². The van der Waals surface area contributed by atoms with E-state index in [2.05, 4.69) is 9.44 Å². The standard InChI is InChI=1S/C12H20N4O5S2/c1-15(2)12(17)9-13-22(18,19)11-7-5-10(6-8-11)14-23(20,21)16(3)4/h5-8,13-14H,9H2,1-4H3. The Morgan fingerprint density at radius 1 is 1.00 bits per heavy atom. The second kappa shape index (κ2) is 7.25. The van der Waals surface area contributed by atoms with Gasteiger partial charge in [0.2, 0.25) is 15.9 Å². The second-order valence-electron chi connectivity index (χ2n) is 5.03. The van der Waals surface area contributed by atoms with Crippen LogP contribution in [0.3, 0.4) is 0 Å². The molecule has 0 atom stereocenters. The first-order chi connectivity index (χ1) is 10.5. The first-order valence-electron chi connectivity index (χ1n) is 6.46. The van der Waals surface area contributed by atoms with E-state index in [9.17, 15) is 21.6 Å². The van der Waals surface area contributed by atoms with E-state index in [0.29, 0.717) is 0 Å². The first kappa shape index (κ1) is 19.4. The van der Waals surface area contributed by atoms with E-state index < -0.39 is 20.2 Å². The highest BCUT2D eigenvalue weighted by molar-refractivity contribution is 7.90. The summed E-state index contributed by atoms with van der Waals surface area (Å²) in [6.45, 7) is -0.357. The van der Waals surface area contributed by atoms with Crippen molar-refractivity contribution in [3.63, 3.8) is 0 Å². The smallest absolute Gasteiger partial charge is 0.301 e. The molecule has 0 radical (unpaired) electrons. The Labute approximate surface area is 136 Å². The average Bonchev–Trinajstić information content (AvgIpc) is 2.44. The molecule has 0 saturated carbocycles. The van der Waals surface area contributed by atoms with Gasteiger partial charge in [-0.05, 0) is 24.3 Å². The number of sulfonamides is 1. The van der Waals surface area contributed by atoms with Gasteiger partial charge in [-0.2, -0.15) is 12.7 Å². The zero-order valence-corrected chi connectivity index (χ0v) is 14.9. The highest BCUT2D eigenvalue weighted by Gasteiger charge is 2.17. The number of hydrogen-bond acceptors (Lipinski definition) is 5. The van der Waals surface area contributed by atoms with E-state index >= 15 is 0 Å². The molecule has 1 aromatic rings. The molecule has 1 aromatic carbocycles. The summed E-state index contributed by atoms with van der Waals surface area (Å²) in [5.41, 5.74) is 0.224. The van der Waals surface area contributed by atoms with Gasteiger partial charge in [-0.15, -0.1) is 0 Å². The molecule has 0 aliphatic carbocycles. The van der Waals surface area contributed by atoms with Crippen molar-refractivity contribution in [2.45, 2.75) is 4.90 Å². The van der Waals surface area contributed by atoms with Crippen LogP contribution in [0.4, 0.5) is 5.69 Å². The number of likely N-dealkylation sites (N-methyl/N-ethyl adjacent to an activating group) is 1. The van der Waals surface area contributed by atoms with Crippen molar-refractivity contribution in [2.24, 2.45) is 0 Å². The van der Waals surface area contributed by atoms with Crippen LogP contribution in [0.15, 0.2) is 29.2 Å². The van der Waals surface area contributed by atoms with Crippen molar-refractivity contribution in [3.05, 3.63) is 24.3 Å². The fourth-order valence-corrected chi connectivity index (χ4v) is 2.93. The lowest BCUT2D eigenvalue weighted by Crippen LogP contribution is -2.36. The maximum atomic E-state index is 12.0. The Hall–Kier alpha value is -1.69. The molecular formula is C12H20N4O5S2. The van der Waals surface area contributed by atoms with Crippen molar-refractivity contribution in [3.8, 4) is 0 Å². The normalized spacial score (nSPS) is 12.2. The third-order valence-electron chi connectivity index (χ3n) is 2.80. The number of hydrogen-bond donors (Lipinski definition) is 2. The SMILES string of the molecule is CN(C)C(=O)CNS(=O)(=O)c1ccc(NS(=O)(=O)N(C)C)cc1. The molecule has 0 aromatic heterocycles. The molecule has 0 fully saturated rings. The molecule has 0 heterocycles. The topological polar surface area (TPSA) is 116 Å². The van der Waals surface area contributed by atoms with E-state index in [1.807, 2.05) is 0 Å². The number of carbonyl (C=O) groups is 1. The summed E-state index contributed by atoms with van der Waals surface area (Å²) in [4.78, 5) is 12.6. The van der Waals surface area contributed by atoms with Crippen LogP contribution in [0.25, 0.3) is 0 Å². The third kappa shape index (κ3) is 5.46. The first-order valence-corrected chi connectivity index (χ1v) is 9.38. The van der Waals surface area contributed by atoms with Crippen molar-refractivity contribution in [1.82, 2.24) is 13.9 Å². The fourth-order valence-electron chi connectivity index (χ4n) is 1.34. The van der Waals surface area contributed by atoms with E-state index in [0.717, 1.165) is 4.31 Å². The van der Waals surface area contributed by atoms with Crippen LogP contribution in [0.1, 0.15) is 0 Å². The molecular weight excluding hydrogens is 344 g/mol. The van der Waals surface area contributed by atoms with Crippen LogP contribution >= 0.6 is 0 Å². The van der Waals surface area contributed by atoms with Crippen molar-refractivity contribution >= 4 is 31.8 Å². The minimum Gasteiger partial charge on any atom is -0.348 e. The lowest BCUT2D eigenvalue weighted by Gasteiger charge is -2.14. The molecule has 2 N–H and O–H groups in total. The molecule has 9 nitrogen and oxygen atoms in total. The summed E-state index contributed by atoms with van der Waals surface area (Å²) >= 11 is 0. The van der Waals surface area contributed by atoms with Gasteiger partial charge in [0.05, 0.1) is 11.4 Å². The highest BCUT2D eigenvalue weighted by atomic mass is 32.2. The van der Waals surface area contributed by atoms with Gasteiger partial charge >= 0.3 is 10.2 Å². The number of nitrogens with zero attached hydrogens (tertiary/aromatic N) is 2. The summed E-state index contributed by atoms with van der Waals surface area (Å²) in [6.07, 6.45) is 0. The summed E-state index contributed by atoms with van der Waals surface area (Å²) in [6, 6.07) is 5.14. The minimum absolute atomic E-state index is 0.0724. The van der Waals surface area contributed by atoms with Crippen molar-refractivity contribution < 1.29 is 21.6 Å². The Bertz CT molecular complexity index is 755. The lowest BCUT2D eigenvalue weighted by molar-refractivity contribution is -0.127. The predicted octanol–water partition coefficient (Wildman–Crippen LogP) is -0.729. The van der Waals surface area contributed by atoms with Crippen LogP contribution in [-0.4, -0.2) is 66.7 Å². The van der Waals surface area contributed by atoms with Crippen LogP contribution in [-0.2, 0) is 25.0 Å². The molecule has 0 aliphatic rings. The molecule has 0 aliphatic heterocycles. The molecule has 11 heteroatoms. The van der Waals surface area contributed by atoms with Gasteiger partial charge in [0.25, 0.3) is 0 Å². The number of nitrogens with one attached hydrogen (secondary N) is 2. The summed E-state index contributed by atoms with van der Waals surface area (Å²) in [5.74, 6) is -0.385. The largest absolute Gasteiger partial charge is 0.348 e. The van der Waals surface area contributed by atoms with E-state index in [1.54, 1.807) is 0 Å². The molecule has 1 amide bonds. The average molecular weight is 364 g/mol. The predicted molar refractivity (Wildman–Crippen MR) is 86.6 cm³/mol. The van der Waals surface area contributed by atoms with E-state index in [-0.39, 0.29) is 23.0 Å². The van der Waals surface area contributed by atoms with Crippen LogP contribution in [0.5, 0.6) is 0 Å². The summed E-state index contributed by atoms with van der Waals surface area (Å²) in [7, 11) is -1.75. The number of carbonyl (C=O) groups excluding carboxylic acids is 1. The van der Waals surface area contributed by atoms with Crippen LogP contribution in [0.2, 0.25) is 0 Å². The number of benzene rings is 1. The lowest BCUT2D eigenvalue weighted by atomic mass is 10.3. The molecule has 1 rings (SSSR count). The maximum absolute atomic E-state index is 12.0. The zero-order valence-electron chi connectivity index (χ0n) is 13.3. The maximum Gasteiger partial charge on any atom is 0.301 e. The Morgan fingerprint density at radius 3 is 1.96 bits per heavy atom. The van der Waals surface area contributed by atoms with Crippen molar-refractivity contribution in [2.75, 3.05) is 39.5 Å². The molecule has 23 heavy (non-hydrogen) atoms. The molecule has 0 saturated heterocycles. The highest BCUT2D eigenvalue weighted by Crippen LogP contribution is 2.15. The minimum atomic E-state index is -3.85. The van der Waals surface area contributed by atoms with Crippen LogP contribution in [0, 0.1) is 0 Å². The zero-order chi connectivity index (χ0) is 17.8. The second-order valence-corrected chi connectivity index (χ2v) is 8.68. The van der Waals surface area contributed by atoms with Gasteiger partial charge in [0.15, 0.2) is 0 Å². The fraction of sp³-hybridized carbons (Fsp3) is 0.417.